The van der Waals surface area contributed by atoms with Crippen LogP contribution in [0.4, 0.5) is 11.6 Å². The second kappa shape index (κ2) is 14.8. The van der Waals surface area contributed by atoms with Crippen LogP contribution >= 0.6 is 0 Å². The van der Waals surface area contributed by atoms with Crippen molar-refractivity contribution in [2.24, 2.45) is 5.92 Å². The molecule has 6 N–H and O–H groups in total. The summed E-state index contributed by atoms with van der Waals surface area (Å²) < 4.78 is 37.3. The Hall–Kier alpha value is -4.35. The molecule has 3 aliphatic heterocycles. The lowest BCUT2D eigenvalue weighted by Gasteiger charge is -2.41. The van der Waals surface area contributed by atoms with Gasteiger partial charge in [-0.3, -0.25) is 10.0 Å². The van der Waals surface area contributed by atoms with E-state index in [1.807, 2.05) is 54.6 Å². The van der Waals surface area contributed by atoms with Gasteiger partial charge in [0.1, 0.15) is 43.0 Å². The van der Waals surface area contributed by atoms with Crippen molar-refractivity contribution < 1.29 is 38.3 Å². The number of aromatic nitrogens is 2. The second-order valence-corrected chi connectivity index (χ2v) is 16.3. The molecule has 0 bridgehead atoms. The largest absolute Gasteiger partial charge is 0.493 e. The smallest absolute Gasteiger partial charge is 0.236 e. The van der Waals surface area contributed by atoms with Gasteiger partial charge in [-0.05, 0) is 66.4 Å². The van der Waals surface area contributed by atoms with Gasteiger partial charge in [0.2, 0.25) is 16.0 Å². The summed E-state index contributed by atoms with van der Waals surface area (Å²) in [5.74, 6) is 1.80. The van der Waals surface area contributed by atoms with E-state index in [0.29, 0.717) is 47.9 Å². The molecule has 0 radical (unpaired) electrons. The minimum absolute atomic E-state index is 0.000195. The van der Waals surface area contributed by atoms with E-state index in [1.54, 1.807) is 6.07 Å². The lowest BCUT2D eigenvalue weighted by atomic mass is 9.78. The molecule has 15 heteroatoms. The summed E-state index contributed by atoms with van der Waals surface area (Å²) in [7, 11) is -3.48. The molecule has 0 spiro atoms. The van der Waals surface area contributed by atoms with Crippen LogP contribution in [0.25, 0.3) is 0 Å². The average Bonchev–Trinajstić information content (AvgIpc) is 3.34. The number of piperidine rings is 1. The molecule has 3 aliphatic rings. The number of ether oxygens (including phenoxy) is 2. The minimum Gasteiger partial charge on any atom is -0.493 e. The molecule has 0 saturated carbocycles. The number of hydrogen-bond acceptors (Lipinski definition) is 13. The molecule has 282 valence electrons. The van der Waals surface area contributed by atoms with Crippen LogP contribution in [0.1, 0.15) is 67.1 Å². The van der Waals surface area contributed by atoms with E-state index in [2.05, 4.69) is 50.9 Å². The molecule has 2 saturated heterocycles. The maximum absolute atomic E-state index is 11.5. The molecule has 1 aromatic heterocycles. The Labute approximate surface area is 309 Å². The molecule has 53 heavy (non-hydrogen) atoms. The van der Waals surface area contributed by atoms with Gasteiger partial charge in [0.25, 0.3) is 0 Å². The number of aliphatic hydroxyl groups is 4. The van der Waals surface area contributed by atoms with Crippen LogP contribution in [0, 0.1) is 5.92 Å². The molecule has 4 heterocycles. The van der Waals surface area contributed by atoms with Gasteiger partial charge in [0.15, 0.2) is 0 Å². The highest BCUT2D eigenvalue weighted by Crippen LogP contribution is 2.44. The summed E-state index contributed by atoms with van der Waals surface area (Å²) in [6.45, 7) is 6.66. The first-order valence-electron chi connectivity index (χ1n) is 17.7. The van der Waals surface area contributed by atoms with Gasteiger partial charge >= 0.3 is 0 Å². The third-order valence-corrected chi connectivity index (χ3v) is 10.9. The lowest BCUT2D eigenvalue weighted by Crippen LogP contribution is -2.57. The summed E-state index contributed by atoms with van der Waals surface area (Å²) in [5.41, 5.74) is 4.71. The summed E-state index contributed by atoms with van der Waals surface area (Å²) in [6.07, 6.45) is -0.613. The number of benzene rings is 3. The van der Waals surface area contributed by atoms with Crippen molar-refractivity contribution in [1.29, 1.82) is 0 Å². The summed E-state index contributed by atoms with van der Waals surface area (Å²) >= 11 is 0. The van der Waals surface area contributed by atoms with Gasteiger partial charge < -0.3 is 34.8 Å². The average molecular weight is 747 g/mol. The van der Waals surface area contributed by atoms with E-state index in [-0.39, 0.29) is 18.0 Å². The zero-order valence-corrected chi connectivity index (χ0v) is 30.6. The number of anilines is 2. The molecule has 4 aromatic rings. The van der Waals surface area contributed by atoms with E-state index in [0.717, 1.165) is 41.9 Å². The van der Waals surface area contributed by atoms with Gasteiger partial charge in [0.05, 0.1) is 24.6 Å². The number of sulfonamides is 1. The van der Waals surface area contributed by atoms with Crippen molar-refractivity contribution in [3.05, 3.63) is 107 Å². The third-order valence-electron chi connectivity index (χ3n) is 10.4. The normalized spacial score (nSPS) is 23.7. The first kappa shape index (κ1) is 37.0. The molecule has 3 aromatic carbocycles. The Morgan fingerprint density at radius 3 is 2.15 bits per heavy atom. The maximum Gasteiger partial charge on any atom is 0.236 e. The molecular formula is C38H46N6O8S. The van der Waals surface area contributed by atoms with Crippen molar-refractivity contribution >= 4 is 21.7 Å². The number of rotatable bonds is 12. The Morgan fingerprint density at radius 2 is 1.51 bits per heavy atom. The maximum atomic E-state index is 11.5. The minimum atomic E-state index is -3.48. The predicted molar refractivity (Wildman–Crippen MR) is 197 cm³/mol. The predicted octanol–water partition coefficient (Wildman–Crippen LogP) is 2.95. The highest BCUT2D eigenvalue weighted by molar-refractivity contribution is 7.91. The second-order valence-electron chi connectivity index (χ2n) is 14.6. The first-order valence-corrected chi connectivity index (χ1v) is 19.6. The van der Waals surface area contributed by atoms with Crippen LogP contribution in [0.3, 0.4) is 0 Å². The fourth-order valence-electron chi connectivity index (χ4n) is 7.28. The van der Waals surface area contributed by atoms with E-state index in [1.165, 1.54) is 11.1 Å². The van der Waals surface area contributed by atoms with Crippen molar-refractivity contribution in [2.45, 2.75) is 69.7 Å². The van der Waals surface area contributed by atoms with Crippen molar-refractivity contribution in [3.8, 4) is 11.5 Å². The van der Waals surface area contributed by atoms with Crippen LogP contribution in [0.5, 0.6) is 11.5 Å². The summed E-state index contributed by atoms with van der Waals surface area (Å²) in [4.78, 5) is 11.8. The fourth-order valence-corrected chi connectivity index (χ4v) is 7.71. The molecule has 7 rings (SSSR count). The van der Waals surface area contributed by atoms with Gasteiger partial charge in [-0.2, -0.15) is 0 Å². The number of nitrogens with one attached hydrogen (secondary N) is 2. The third kappa shape index (κ3) is 8.11. The first-order chi connectivity index (χ1) is 25.2. The van der Waals surface area contributed by atoms with E-state index < -0.39 is 41.0 Å². The molecule has 2 fully saturated rings. The van der Waals surface area contributed by atoms with Crippen molar-refractivity contribution in [1.82, 2.24) is 20.2 Å². The molecule has 0 amide bonds. The molecule has 0 aliphatic carbocycles. The van der Waals surface area contributed by atoms with E-state index in [4.69, 9.17) is 9.47 Å². The highest BCUT2D eigenvalue weighted by atomic mass is 32.2. The summed E-state index contributed by atoms with van der Waals surface area (Å²) in [6, 6.07) is 22.9. The van der Waals surface area contributed by atoms with Gasteiger partial charge in [-0.15, -0.1) is 0 Å². The Morgan fingerprint density at radius 1 is 0.868 bits per heavy atom. The van der Waals surface area contributed by atoms with Gasteiger partial charge in [0, 0.05) is 47.4 Å². The zero-order valence-electron chi connectivity index (χ0n) is 29.8. The van der Waals surface area contributed by atoms with Gasteiger partial charge in [-0.1, -0.05) is 44.2 Å². The molecule has 5 atom stereocenters. The Bertz CT molecular complexity index is 2010. The zero-order chi connectivity index (χ0) is 37.5. The highest BCUT2D eigenvalue weighted by Gasteiger charge is 2.45. The SMILES string of the molecule is CC(C)(c1ccc(OCc2ccnc(NS(C)(=O)=O)n2)cc1)c1ccc(OCC2CN(c3ccc4c(c3)C(O)N(C3CCC(O)NC3O)C4O)C2)cc1. The Kier molecular flexibility index (Phi) is 10.3. The number of nitrogens with zero attached hydrogens (tertiary/aromatic N) is 4. The van der Waals surface area contributed by atoms with Crippen molar-refractivity contribution in [3.63, 3.8) is 0 Å². The van der Waals surface area contributed by atoms with Crippen molar-refractivity contribution in [2.75, 3.05) is 35.6 Å². The molecule has 5 unspecified atom stereocenters. The molecule has 14 nitrogen and oxygen atoms in total. The van der Waals surface area contributed by atoms with Gasteiger partial charge in [-0.25, -0.2) is 23.3 Å². The quantitative estimate of drug-likeness (QED) is 0.124. The van der Waals surface area contributed by atoms with E-state index >= 15 is 0 Å². The number of aliphatic hydroxyl groups excluding tert-OH is 4. The van der Waals surface area contributed by atoms with Crippen LogP contribution in [-0.4, -0.2) is 88.2 Å². The Balaban J connectivity index is 0.888. The summed E-state index contributed by atoms with van der Waals surface area (Å²) in [5, 5.41) is 45.1. The standard InChI is InChI=1S/C38H46N6O8S/c1-38(2,25-6-11-29(12-7-25)52-22-26-16-17-39-37(40-26)42-53(3,49)50)24-4-9-28(10-5-24)51-21-23-19-43(20-23)27-8-13-30-31(18-27)36(48)44(35(30)47)32-14-15-33(45)41-34(32)46/h4-13,16-18,23,32-36,41,45-48H,14-15,19-22H2,1-3H3,(H,39,40,42). The van der Waals surface area contributed by atoms with Crippen LogP contribution in [0.2, 0.25) is 0 Å². The fraction of sp³-hybridized carbons (Fsp3) is 0.421. The lowest BCUT2D eigenvalue weighted by molar-refractivity contribution is -0.159. The van der Waals surface area contributed by atoms with Crippen LogP contribution < -0.4 is 24.4 Å². The number of fused-ring (bicyclic) bond motifs is 1. The van der Waals surface area contributed by atoms with Crippen LogP contribution in [0.15, 0.2) is 79.0 Å². The van der Waals surface area contributed by atoms with Crippen LogP contribution in [-0.2, 0) is 22.0 Å². The molecular weight excluding hydrogens is 701 g/mol. The van der Waals surface area contributed by atoms with E-state index in [9.17, 15) is 28.8 Å². The monoisotopic (exact) mass is 746 g/mol. The number of hydrogen-bond donors (Lipinski definition) is 6. The topological polar surface area (TPSA) is 190 Å².